The Morgan fingerprint density at radius 1 is 0.861 bits per heavy atom. The third-order valence-electron chi connectivity index (χ3n) is 6.76. The van der Waals surface area contributed by atoms with Gasteiger partial charge in [0.15, 0.2) is 6.61 Å². The number of aromatic nitrogens is 3. The highest BCUT2D eigenvalue weighted by Crippen LogP contribution is 2.23. The molecule has 0 aliphatic heterocycles. The summed E-state index contributed by atoms with van der Waals surface area (Å²) >= 11 is 0. The average Bonchev–Trinajstić information content (AvgIpc) is 3.25. The molecule has 0 N–H and O–H groups in total. The molecule has 0 aliphatic carbocycles. The van der Waals surface area contributed by atoms with Crippen molar-refractivity contribution in [1.82, 2.24) is 13.9 Å². The summed E-state index contributed by atoms with van der Waals surface area (Å²) < 4.78 is 10.5. The molecule has 0 radical (unpaired) electrons. The van der Waals surface area contributed by atoms with E-state index >= 15 is 0 Å². The number of rotatable bonds is 7. The quantitative estimate of drug-likeness (QED) is 0.286. The molecule has 0 unspecified atom stereocenters. The molecule has 2 aromatic heterocycles. The van der Waals surface area contributed by atoms with Crippen LogP contribution in [-0.4, -0.2) is 32.3 Å². The Morgan fingerprint density at radius 2 is 1.56 bits per heavy atom. The first-order valence-corrected chi connectivity index (χ1v) is 11.9. The molecule has 0 atom stereocenters. The molecule has 7 heteroatoms. The first-order valence-electron chi connectivity index (χ1n) is 11.9. The lowest BCUT2D eigenvalue weighted by Gasteiger charge is -2.09. The van der Waals surface area contributed by atoms with Crippen molar-refractivity contribution >= 4 is 11.8 Å². The van der Waals surface area contributed by atoms with E-state index in [4.69, 9.17) is 4.74 Å². The molecule has 0 saturated carbocycles. The van der Waals surface area contributed by atoms with Gasteiger partial charge in [-0.15, -0.1) is 0 Å². The Morgan fingerprint density at radius 3 is 2.22 bits per heavy atom. The second-order valence-corrected chi connectivity index (χ2v) is 9.21. The first kappa shape index (κ1) is 25.0. The predicted octanol–water partition coefficient (Wildman–Crippen LogP) is 4.48. The molecule has 4 aromatic rings. The van der Waals surface area contributed by atoms with Crippen LogP contribution in [-0.2, 0) is 23.0 Å². The van der Waals surface area contributed by atoms with Crippen LogP contribution >= 0.6 is 0 Å². The number of para-hydroxylation sites is 1. The molecular formula is C29H31N3O4. The standard InChI is InChI=1S/C29H31N3O4/c1-18-12-13-23(14-19(18)2)16-27(34)36-17-26(33)25-15-20(3)31(21(25)4)28-22(5)30(6)32(29(28)35)24-10-8-7-9-11-24/h7-15H,16-17H2,1-6H3. The summed E-state index contributed by atoms with van der Waals surface area (Å²) in [6.07, 6.45) is 0.107. The molecule has 0 fully saturated rings. The van der Waals surface area contributed by atoms with Crippen molar-refractivity contribution in [2.75, 3.05) is 6.61 Å². The van der Waals surface area contributed by atoms with Crippen LogP contribution in [0.15, 0.2) is 59.4 Å². The van der Waals surface area contributed by atoms with Gasteiger partial charge in [-0.3, -0.25) is 19.1 Å². The number of ketones is 1. The highest BCUT2D eigenvalue weighted by Gasteiger charge is 2.24. The van der Waals surface area contributed by atoms with Gasteiger partial charge in [-0.1, -0.05) is 36.4 Å². The molecular weight excluding hydrogens is 454 g/mol. The predicted molar refractivity (Wildman–Crippen MR) is 139 cm³/mol. The number of hydrogen-bond donors (Lipinski definition) is 0. The lowest BCUT2D eigenvalue weighted by molar-refractivity contribution is -0.141. The maximum Gasteiger partial charge on any atom is 0.310 e. The SMILES string of the molecule is Cc1ccc(CC(=O)OCC(=O)c2cc(C)n(-c3c(C)n(C)n(-c4ccccc4)c3=O)c2C)cc1C. The number of esters is 1. The minimum Gasteiger partial charge on any atom is -0.457 e. The van der Waals surface area contributed by atoms with Gasteiger partial charge in [-0.2, -0.15) is 0 Å². The molecule has 2 heterocycles. The van der Waals surface area contributed by atoms with Crippen LogP contribution in [0.1, 0.15) is 44.1 Å². The maximum absolute atomic E-state index is 13.5. The van der Waals surface area contributed by atoms with Gasteiger partial charge >= 0.3 is 5.97 Å². The van der Waals surface area contributed by atoms with Gasteiger partial charge in [-0.25, -0.2) is 4.68 Å². The van der Waals surface area contributed by atoms with E-state index in [1.807, 2.05) is 88.0 Å². The van der Waals surface area contributed by atoms with Crippen LogP contribution in [0.3, 0.4) is 0 Å². The van der Waals surface area contributed by atoms with Gasteiger partial charge in [0.1, 0.15) is 5.69 Å². The summed E-state index contributed by atoms with van der Waals surface area (Å²) in [6, 6.07) is 17.0. The Balaban J connectivity index is 1.57. The van der Waals surface area contributed by atoms with Crippen molar-refractivity contribution in [3.8, 4) is 11.4 Å². The number of aryl methyl sites for hydroxylation is 3. The Labute approximate surface area is 210 Å². The monoisotopic (exact) mass is 485 g/mol. The summed E-state index contributed by atoms with van der Waals surface area (Å²) in [5.74, 6) is -0.759. The van der Waals surface area contributed by atoms with Gasteiger partial charge in [0.05, 0.1) is 17.8 Å². The zero-order chi connectivity index (χ0) is 26.1. The fraction of sp³-hybridized carbons (Fsp3) is 0.276. The normalized spacial score (nSPS) is 11.1. The minimum absolute atomic E-state index is 0.107. The average molecular weight is 486 g/mol. The van der Waals surface area contributed by atoms with Gasteiger partial charge in [0.2, 0.25) is 5.78 Å². The zero-order valence-electron chi connectivity index (χ0n) is 21.6. The smallest absolute Gasteiger partial charge is 0.310 e. The third-order valence-corrected chi connectivity index (χ3v) is 6.76. The van der Waals surface area contributed by atoms with Crippen LogP contribution in [0.5, 0.6) is 0 Å². The van der Waals surface area contributed by atoms with Crippen LogP contribution in [0.2, 0.25) is 0 Å². The fourth-order valence-electron chi connectivity index (χ4n) is 4.56. The lowest BCUT2D eigenvalue weighted by atomic mass is 10.0. The molecule has 36 heavy (non-hydrogen) atoms. The summed E-state index contributed by atoms with van der Waals surface area (Å²) in [7, 11) is 1.84. The van der Waals surface area contributed by atoms with Crippen LogP contribution < -0.4 is 5.56 Å². The van der Waals surface area contributed by atoms with Gasteiger partial charge in [0.25, 0.3) is 5.56 Å². The van der Waals surface area contributed by atoms with E-state index < -0.39 is 5.97 Å². The number of Topliss-reactive ketones (excluding diaryl/α,β-unsaturated/α-hetero) is 1. The second kappa shape index (κ2) is 9.85. The van der Waals surface area contributed by atoms with Crippen molar-refractivity contribution in [2.24, 2.45) is 7.05 Å². The zero-order valence-corrected chi connectivity index (χ0v) is 21.6. The summed E-state index contributed by atoms with van der Waals surface area (Å²) in [5.41, 5.74) is 6.76. The van der Waals surface area contributed by atoms with Crippen molar-refractivity contribution in [3.05, 3.63) is 104 Å². The van der Waals surface area contributed by atoms with Crippen molar-refractivity contribution in [2.45, 2.75) is 41.0 Å². The maximum atomic E-state index is 13.5. The molecule has 7 nitrogen and oxygen atoms in total. The Kier molecular flexibility index (Phi) is 6.84. The summed E-state index contributed by atoms with van der Waals surface area (Å²) in [4.78, 5) is 38.9. The van der Waals surface area contributed by atoms with E-state index in [1.54, 1.807) is 22.2 Å². The van der Waals surface area contributed by atoms with Gasteiger partial charge in [0, 0.05) is 24.0 Å². The number of carbonyl (C=O) groups excluding carboxylic acids is 2. The Bertz CT molecular complexity index is 1520. The van der Waals surface area contributed by atoms with Gasteiger partial charge in [-0.05, 0) is 69.5 Å². The molecule has 4 rings (SSSR count). The number of ether oxygens (including phenoxy) is 1. The third kappa shape index (κ3) is 4.56. The van der Waals surface area contributed by atoms with Crippen molar-refractivity contribution in [3.63, 3.8) is 0 Å². The van der Waals surface area contributed by atoms with E-state index in [0.717, 1.165) is 33.8 Å². The van der Waals surface area contributed by atoms with E-state index in [9.17, 15) is 14.4 Å². The molecule has 0 saturated heterocycles. The molecule has 0 bridgehead atoms. The van der Waals surface area contributed by atoms with Crippen LogP contribution in [0.4, 0.5) is 0 Å². The number of carbonyl (C=O) groups is 2. The molecule has 186 valence electrons. The Hall–Kier alpha value is -4.13. The highest BCUT2D eigenvalue weighted by molar-refractivity contribution is 5.99. The van der Waals surface area contributed by atoms with Crippen molar-refractivity contribution in [1.29, 1.82) is 0 Å². The number of benzene rings is 2. The first-order chi connectivity index (χ1) is 17.1. The topological polar surface area (TPSA) is 75.2 Å². The summed E-state index contributed by atoms with van der Waals surface area (Å²) in [5, 5.41) is 0. The fourth-order valence-corrected chi connectivity index (χ4v) is 4.56. The van der Waals surface area contributed by atoms with E-state index in [0.29, 0.717) is 16.9 Å². The largest absolute Gasteiger partial charge is 0.457 e. The molecule has 0 amide bonds. The van der Waals surface area contributed by atoms with E-state index in [2.05, 4.69) is 0 Å². The van der Waals surface area contributed by atoms with Crippen LogP contribution in [0, 0.1) is 34.6 Å². The minimum atomic E-state index is -0.454. The molecule has 2 aromatic carbocycles. The van der Waals surface area contributed by atoms with E-state index in [1.165, 1.54) is 0 Å². The van der Waals surface area contributed by atoms with Crippen molar-refractivity contribution < 1.29 is 14.3 Å². The number of nitrogens with zero attached hydrogens (tertiary/aromatic N) is 3. The number of hydrogen-bond acceptors (Lipinski definition) is 4. The van der Waals surface area contributed by atoms with E-state index in [-0.39, 0.29) is 24.4 Å². The summed E-state index contributed by atoms with van der Waals surface area (Å²) in [6.45, 7) is 9.19. The van der Waals surface area contributed by atoms with Gasteiger partial charge < -0.3 is 9.30 Å². The highest BCUT2D eigenvalue weighted by atomic mass is 16.5. The van der Waals surface area contributed by atoms with Crippen LogP contribution in [0.25, 0.3) is 11.4 Å². The second-order valence-electron chi connectivity index (χ2n) is 9.21. The molecule has 0 aliphatic rings. The molecule has 0 spiro atoms. The lowest BCUT2D eigenvalue weighted by Crippen LogP contribution is -2.22.